The lowest BCUT2D eigenvalue weighted by molar-refractivity contribution is 1.54. The van der Waals surface area contributed by atoms with Gasteiger partial charge in [0.1, 0.15) is 0 Å². The van der Waals surface area contributed by atoms with E-state index in [-0.39, 0.29) is 0 Å². The Morgan fingerprint density at radius 2 is 0.818 bits per heavy atom. The molecule has 0 unspecified atom stereocenters. The molecule has 0 bridgehead atoms. The number of hydrogen-bond donors (Lipinski definition) is 2. The minimum atomic E-state index is 0.731. The maximum Gasteiger partial charge on any atom is 0.0617 e. The smallest absolute Gasteiger partial charge is 0.0617 e. The molecule has 0 fully saturated rings. The van der Waals surface area contributed by atoms with Crippen LogP contribution >= 0.6 is 0 Å². The molecule has 0 aliphatic rings. The van der Waals surface area contributed by atoms with Crippen LogP contribution in [0, 0.1) is 0 Å². The number of benzene rings is 8. The third-order valence-corrected chi connectivity index (χ3v) is 8.60. The molecule has 8 aromatic rings. The topological polar surface area (TPSA) is 38.0 Å². The second-order valence-corrected chi connectivity index (χ2v) is 11.3. The highest BCUT2D eigenvalue weighted by Crippen LogP contribution is 2.44. The summed E-state index contributed by atoms with van der Waals surface area (Å²) in [4.78, 5) is 0. The van der Waals surface area contributed by atoms with Gasteiger partial charge in [-0.3, -0.25) is 0 Å². The van der Waals surface area contributed by atoms with Crippen LogP contribution in [-0.2, 0) is 0 Å². The van der Waals surface area contributed by atoms with Gasteiger partial charge >= 0.3 is 0 Å². The van der Waals surface area contributed by atoms with Gasteiger partial charge in [-0.25, -0.2) is 0 Å². The number of hydrogen-bond acceptors (Lipinski definition) is 2. The van der Waals surface area contributed by atoms with Crippen LogP contribution in [0.1, 0.15) is 0 Å². The van der Waals surface area contributed by atoms with Crippen molar-refractivity contribution in [3.63, 3.8) is 0 Å². The second-order valence-electron chi connectivity index (χ2n) is 11.3. The largest absolute Gasteiger partial charge is 0.397 e. The lowest BCUT2D eigenvalue weighted by Crippen LogP contribution is -1.95. The number of anilines is 3. The van der Waals surface area contributed by atoms with E-state index in [1.54, 1.807) is 0 Å². The van der Waals surface area contributed by atoms with Gasteiger partial charge in [0, 0.05) is 5.69 Å². The molecule has 8 rings (SSSR count). The van der Waals surface area contributed by atoms with Crippen molar-refractivity contribution >= 4 is 49.4 Å². The van der Waals surface area contributed by atoms with E-state index in [1.165, 1.54) is 65.7 Å². The molecular weight excluding hydrogens is 532 g/mol. The highest BCUT2D eigenvalue weighted by molar-refractivity contribution is 6.21. The fourth-order valence-electron chi connectivity index (χ4n) is 6.44. The van der Waals surface area contributed by atoms with Crippen molar-refractivity contribution in [3.05, 3.63) is 164 Å². The first-order chi connectivity index (χ1) is 21.7. The Bertz CT molecular complexity index is 2240. The summed E-state index contributed by atoms with van der Waals surface area (Å²) < 4.78 is 0. The first kappa shape index (κ1) is 25.8. The van der Waals surface area contributed by atoms with Crippen LogP contribution in [0.2, 0.25) is 0 Å². The Kier molecular flexibility index (Phi) is 6.31. The first-order valence-electron chi connectivity index (χ1n) is 15.0. The van der Waals surface area contributed by atoms with Crippen molar-refractivity contribution < 1.29 is 0 Å². The van der Waals surface area contributed by atoms with Crippen LogP contribution in [0.15, 0.2) is 164 Å². The van der Waals surface area contributed by atoms with Crippen molar-refractivity contribution in [1.82, 2.24) is 0 Å². The molecule has 0 radical (unpaired) electrons. The molecule has 0 saturated carbocycles. The van der Waals surface area contributed by atoms with E-state index in [0.29, 0.717) is 0 Å². The van der Waals surface area contributed by atoms with Gasteiger partial charge in [0.05, 0.1) is 11.4 Å². The number of nitrogens with two attached hydrogens (primary N) is 1. The summed E-state index contributed by atoms with van der Waals surface area (Å²) in [6, 6.07) is 58.4. The van der Waals surface area contributed by atoms with E-state index in [0.717, 1.165) is 17.1 Å². The molecule has 0 aliphatic carbocycles. The minimum Gasteiger partial charge on any atom is -0.397 e. The Balaban J connectivity index is 1.23. The third kappa shape index (κ3) is 4.54. The van der Waals surface area contributed by atoms with Gasteiger partial charge in [0.25, 0.3) is 0 Å². The zero-order valence-corrected chi connectivity index (χ0v) is 24.2. The predicted octanol–water partition coefficient (Wildman–Crippen LogP) is 11.5. The Morgan fingerprint density at radius 3 is 1.41 bits per heavy atom. The van der Waals surface area contributed by atoms with Crippen molar-refractivity contribution in [3.8, 4) is 33.4 Å². The molecule has 2 nitrogen and oxygen atoms in total. The molecule has 3 N–H and O–H groups in total. The number of rotatable bonds is 5. The summed E-state index contributed by atoms with van der Waals surface area (Å²) in [6.45, 7) is 0. The molecule has 0 aliphatic heterocycles. The summed E-state index contributed by atoms with van der Waals surface area (Å²) >= 11 is 0. The summed E-state index contributed by atoms with van der Waals surface area (Å²) in [5.74, 6) is 0. The highest BCUT2D eigenvalue weighted by atomic mass is 14.9. The fourth-order valence-corrected chi connectivity index (χ4v) is 6.44. The van der Waals surface area contributed by atoms with Gasteiger partial charge < -0.3 is 11.1 Å². The normalized spacial score (nSPS) is 11.3. The SMILES string of the molecule is Nc1ccccc1Nc1ccc(-c2c3ccccc3c(-c3ccc(-c4ccc5ccccc5c4)cc3)c3ccccc23)cc1. The Hall–Kier alpha value is -5.86. The molecule has 0 heterocycles. The van der Waals surface area contributed by atoms with E-state index in [1.807, 2.05) is 24.3 Å². The van der Waals surface area contributed by atoms with Crippen LogP contribution < -0.4 is 11.1 Å². The van der Waals surface area contributed by atoms with Gasteiger partial charge in [0.2, 0.25) is 0 Å². The van der Waals surface area contributed by atoms with Crippen molar-refractivity contribution in [2.24, 2.45) is 0 Å². The lowest BCUT2D eigenvalue weighted by Gasteiger charge is -2.18. The quantitative estimate of drug-likeness (QED) is 0.162. The molecule has 0 atom stereocenters. The monoisotopic (exact) mass is 562 g/mol. The average molecular weight is 563 g/mol. The molecule has 2 heteroatoms. The Morgan fingerprint density at radius 1 is 0.364 bits per heavy atom. The number of para-hydroxylation sites is 2. The minimum absolute atomic E-state index is 0.731. The Labute approximate surface area is 257 Å². The van der Waals surface area contributed by atoms with Crippen LogP contribution in [0.25, 0.3) is 65.7 Å². The average Bonchev–Trinajstić information content (AvgIpc) is 3.08. The molecule has 208 valence electrons. The van der Waals surface area contributed by atoms with E-state index in [2.05, 4.69) is 145 Å². The van der Waals surface area contributed by atoms with Gasteiger partial charge in [0.15, 0.2) is 0 Å². The van der Waals surface area contributed by atoms with Gasteiger partial charge in [-0.1, -0.05) is 133 Å². The van der Waals surface area contributed by atoms with Crippen LogP contribution in [-0.4, -0.2) is 0 Å². The molecule has 0 spiro atoms. The van der Waals surface area contributed by atoms with Crippen LogP contribution in [0.5, 0.6) is 0 Å². The van der Waals surface area contributed by atoms with Gasteiger partial charge in [-0.15, -0.1) is 0 Å². The molecule has 0 aromatic heterocycles. The van der Waals surface area contributed by atoms with Gasteiger partial charge in [-0.2, -0.15) is 0 Å². The van der Waals surface area contributed by atoms with E-state index < -0.39 is 0 Å². The first-order valence-corrected chi connectivity index (χ1v) is 15.0. The highest BCUT2D eigenvalue weighted by Gasteiger charge is 2.16. The summed E-state index contributed by atoms with van der Waals surface area (Å²) in [5.41, 5.74) is 16.2. The zero-order chi connectivity index (χ0) is 29.5. The number of nitrogen functional groups attached to an aromatic ring is 1. The standard InChI is InChI=1S/C42H30N2/c43-39-15-7-8-16-40(39)44-34-25-23-31(24-26-34)42-37-13-5-3-11-35(37)41(36-12-4-6-14-38(36)42)30-20-17-29(18-21-30)33-22-19-28-9-1-2-10-32(28)27-33/h1-27,44H,43H2. The van der Waals surface area contributed by atoms with E-state index in [9.17, 15) is 0 Å². The van der Waals surface area contributed by atoms with Gasteiger partial charge in [-0.05, 0) is 96.0 Å². The zero-order valence-electron chi connectivity index (χ0n) is 24.2. The van der Waals surface area contributed by atoms with E-state index >= 15 is 0 Å². The number of nitrogens with one attached hydrogen (secondary N) is 1. The maximum absolute atomic E-state index is 6.17. The third-order valence-electron chi connectivity index (χ3n) is 8.60. The molecule has 44 heavy (non-hydrogen) atoms. The molecule has 0 saturated heterocycles. The van der Waals surface area contributed by atoms with Crippen molar-refractivity contribution in [2.75, 3.05) is 11.1 Å². The molecule has 8 aromatic carbocycles. The molecular formula is C42H30N2. The van der Waals surface area contributed by atoms with Crippen molar-refractivity contribution in [1.29, 1.82) is 0 Å². The maximum atomic E-state index is 6.17. The van der Waals surface area contributed by atoms with Crippen molar-refractivity contribution in [2.45, 2.75) is 0 Å². The van der Waals surface area contributed by atoms with E-state index in [4.69, 9.17) is 5.73 Å². The predicted molar refractivity (Wildman–Crippen MR) is 189 cm³/mol. The van der Waals surface area contributed by atoms with Crippen LogP contribution in [0.3, 0.4) is 0 Å². The summed E-state index contributed by atoms with van der Waals surface area (Å²) in [7, 11) is 0. The lowest BCUT2D eigenvalue weighted by atomic mass is 9.85. The second kappa shape index (κ2) is 10.8. The number of fused-ring (bicyclic) bond motifs is 3. The summed E-state index contributed by atoms with van der Waals surface area (Å²) in [5, 5.41) is 11.0. The van der Waals surface area contributed by atoms with Crippen LogP contribution in [0.4, 0.5) is 17.1 Å². The summed E-state index contributed by atoms with van der Waals surface area (Å²) in [6.07, 6.45) is 0. The molecule has 0 amide bonds. The fraction of sp³-hybridized carbons (Fsp3) is 0.